The van der Waals surface area contributed by atoms with E-state index in [0.717, 1.165) is 12.2 Å². The number of nitrogens with one attached hydrogen (secondary N) is 1. The Kier molecular flexibility index (Phi) is 5.00. The van der Waals surface area contributed by atoms with Crippen LogP contribution in [0, 0.1) is 12.8 Å². The van der Waals surface area contributed by atoms with Crippen LogP contribution in [0.4, 0.5) is 0 Å². The van der Waals surface area contributed by atoms with Crippen molar-refractivity contribution in [3.63, 3.8) is 0 Å². The van der Waals surface area contributed by atoms with E-state index in [0.29, 0.717) is 12.0 Å². The molecule has 1 aromatic rings. The van der Waals surface area contributed by atoms with Gasteiger partial charge in [-0.3, -0.25) is 4.68 Å². The molecule has 1 atom stereocenters. The molecule has 0 aliphatic heterocycles. The molecule has 0 radical (unpaired) electrons. The van der Waals surface area contributed by atoms with E-state index in [2.05, 4.69) is 44.2 Å². The zero-order valence-corrected chi connectivity index (χ0v) is 11.2. The van der Waals surface area contributed by atoms with Gasteiger partial charge in [0.25, 0.3) is 0 Å². The van der Waals surface area contributed by atoms with Gasteiger partial charge in [-0.25, -0.2) is 0 Å². The molecule has 3 heteroatoms. The van der Waals surface area contributed by atoms with Crippen molar-refractivity contribution >= 4 is 0 Å². The summed E-state index contributed by atoms with van der Waals surface area (Å²) in [4.78, 5) is 0. The van der Waals surface area contributed by atoms with Crippen molar-refractivity contribution in [3.05, 3.63) is 17.5 Å². The molecular formula is C13H25N3. The van der Waals surface area contributed by atoms with Gasteiger partial charge in [-0.15, -0.1) is 0 Å². The molecule has 0 aliphatic carbocycles. The molecule has 1 aromatic heterocycles. The van der Waals surface area contributed by atoms with Gasteiger partial charge in [0.15, 0.2) is 0 Å². The van der Waals surface area contributed by atoms with Crippen LogP contribution >= 0.6 is 0 Å². The summed E-state index contributed by atoms with van der Waals surface area (Å²) in [5, 5.41) is 8.04. The lowest BCUT2D eigenvalue weighted by Gasteiger charge is -2.26. The van der Waals surface area contributed by atoms with Crippen molar-refractivity contribution < 1.29 is 0 Å². The molecule has 0 saturated heterocycles. The van der Waals surface area contributed by atoms with Crippen molar-refractivity contribution in [1.29, 1.82) is 0 Å². The molecule has 0 spiro atoms. The summed E-state index contributed by atoms with van der Waals surface area (Å²) in [5.41, 5.74) is 2.42. The molecule has 0 aliphatic rings. The minimum Gasteiger partial charge on any atom is -0.309 e. The molecular weight excluding hydrogens is 198 g/mol. The Morgan fingerprint density at radius 1 is 1.31 bits per heavy atom. The third kappa shape index (κ3) is 2.85. The molecule has 16 heavy (non-hydrogen) atoms. The first-order valence-electron chi connectivity index (χ1n) is 6.37. The minimum atomic E-state index is 0.436. The highest BCUT2D eigenvalue weighted by molar-refractivity contribution is 5.14. The highest BCUT2D eigenvalue weighted by Crippen LogP contribution is 2.27. The van der Waals surface area contributed by atoms with Crippen LogP contribution in [-0.2, 0) is 7.05 Å². The van der Waals surface area contributed by atoms with E-state index in [1.165, 1.54) is 18.5 Å². The Morgan fingerprint density at radius 2 is 1.94 bits per heavy atom. The maximum Gasteiger partial charge on any atom is 0.0597 e. The first-order chi connectivity index (χ1) is 7.63. The monoisotopic (exact) mass is 223 g/mol. The van der Waals surface area contributed by atoms with Crippen LogP contribution in [-0.4, -0.2) is 16.3 Å². The van der Waals surface area contributed by atoms with E-state index in [9.17, 15) is 0 Å². The summed E-state index contributed by atoms with van der Waals surface area (Å²) in [6.45, 7) is 9.76. The smallest absolute Gasteiger partial charge is 0.0597 e. The van der Waals surface area contributed by atoms with Crippen molar-refractivity contribution in [2.45, 2.75) is 46.6 Å². The maximum atomic E-state index is 4.44. The summed E-state index contributed by atoms with van der Waals surface area (Å²) >= 11 is 0. The zero-order valence-electron chi connectivity index (χ0n) is 11.2. The van der Waals surface area contributed by atoms with E-state index in [-0.39, 0.29) is 0 Å². The zero-order chi connectivity index (χ0) is 12.1. The molecule has 92 valence electrons. The Balaban J connectivity index is 2.96. The number of rotatable bonds is 6. The Bertz CT molecular complexity index is 313. The van der Waals surface area contributed by atoms with Gasteiger partial charge < -0.3 is 5.32 Å². The largest absolute Gasteiger partial charge is 0.309 e. The fraction of sp³-hybridized carbons (Fsp3) is 0.769. The van der Waals surface area contributed by atoms with Crippen LogP contribution in [0.15, 0.2) is 6.07 Å². The van der Waals surface area contributed by atoms with Crippen LogP contribution in [0.3, 0.4) is 0 Å². The summed E-state index contributed by atoms with van der Waals surface area (Å²) in [6.07, 6.45) is 2.41. The lowest BCUT2D eigenvalue weighted by molar-refractivity contribution is 0.331. The van der Waals surface area contributed by atoms with Crippen molar-refractivity contribution in [1.82, 2.24) is 15.1 Å². The molecule has 0 bridgehead atoms. The van der Waals surface area contributed by atoms with Gasteiger partial charge in [0.05, 0.1) is 17.4 Å². The summed E-state index contributed by atoms with van der Waals surface area (Å²) in [5.74, 6) is 0.690. The summed E-state index contributed by atoms with van der Waals surface area (Å²) in [6, 6.07) is 2.64. The molecule has 0 amide bonds. The van der Waals surface area contributed by atoms with Gasteiger partial charge in [0.2, 0.25) is 0 Å². The van der Waals surface area contributed by atoms with Crippen molar-refractivity contribution in [3.8, 4) is 0 Å². The number of aromatic nitrogens is 2. The fourth-order valence-electron chi connectivity index (χ4n) is 2.41. The van der Waals surface area contributed by atoms with Crippen molar-refractivity contribution in [2.24, 2.45) is 13.0 Å². The normalized spacial score (nSPS) is 13.4. The first kappa shape index (κ1) is 13.2. The van der Waals surface area contributed by atoms with E-state index < -0.39 is 0 Å². The highest BCUT2D eigenvalue weighted by atomic mass is 15.3. The summed E-state index contributed by atoms with van der Waals surface area (Å²) in [7, 11) is 2.04. The van der Waals surface area contributed by atoms with Gasteiger partial charge in [-0.2, -0.15) is 5.10 Å². The fourth-order valence-corrected chi connectivity index (χ4v) is 2.41. The van der Waals surface area contributed by atoms with E-state index in [4.69, 9.17) is 0 Å². The predicted molar refractivity (Wildman–Crippen MR) is 68.4 cm³/mol. The Morgan fingerprint density at radius 3 is 2.31 bits per heavy atom. The van der Waals surface area contributed by atoms with Crippen LogP contribution in [0.1, 0.15) is 51.0 Å². The Labute approximate surface area is 99.2 Å². The van der Waals surface area contributed by atoms with E-state index >= 15 is 0 Å². The SMILES string of the molecule is CCNC(c1cc(C)nn1C)C(CC)CC. The number of hydrogen-bond donors (Lipinski definition) is 1. The molecule has 1 rings (SSSR count). The number of aryl methyl sites for hydroxylation is 2. The summed E-state index contributed by atoms with van der Waals surface area (Å²) < 4.78 is 2.01. The maximum absolute atomic E-state index is 4.44. The average molecular weight is 223 g/mol. The van der Waals surface area contributed by atoms with Gasteiger partial charge in [0, 0.05) is 7.05 Å². The topological polar surface area (TPSA) is 29.9 Å². The van der Waals surface area contributed by atoms with Crippen LogP contribution in [0.2, 0.25) is 0 Å². The predicted octanol–water partition coefficient (Wildman–Crippen LogP) is 2.82. The average Bonchev–Trinajstić information content (AvgIpc) is 2.58. The van der Waals surface area contributed by atoms with Gasteiger partial charge in [0.1, 0.15) is 0 Å². The van der Waals surface area contributed by atoms with Crippen LogP contribution in [0.5, 0.6) is 0 Å². The quantitative estimate of drug-likeness (QED) is 0.803. The molecule has 3 nitrogen and oxygen atoms in total. The van der Waals surface area contributed by atoms with Crippen LogP contribution in [0.25, 0.3) is 0 Å². The third-order valence-corrected chi connectivity index (χ3v) is 3.30. The standard InChI is InChI=1S/C13H25N3/c1-6-11(7-2)13(14-8-3)12-9-10(4)15-16(12)5/h9,11,13-14H,6-8H2,1-5H3. The van der Waals surface area contributed by atoms with Crippen molar-refractivity contribution in [2.75, 3.05) is 6.54 Å². The minimum absolute atomic E-state index is 0.436. The number of nitrogens with zero attached hydrogens (tertiary/aromatic N) is 2. The second-order valence-corrected chi connectivity index (χ2v) is 4.45. The van der Waals surface area contributed by atoms with Gasteiger partial charge >= 0.3 is 0 Å². The number of hydrogen-bond acceptors (Lipinski definition) is 2. The van der Waals surface area contributed by atoms with Gasteiger partial charge in [-0.05, 0) is 25.5 Å². The molecule has 1 unspecified atom stereocenters. The molecule has 1 N–H and O–H groups in total. The van der Waals surface area contributed by atoms with E-state index in [1.54, 1.807) is 0 Å². The second kappa shape index (κ2) is 6.04. The lowest BCUT2D eigenvalue weighted by atomic mass is 9.91. The van der Waals surface area contributed by atoms with Crippen LogP contribution < -0.4 is 5.32 Å². The molecule has 0 saturated carbocycles. The second-order valence-electron chi connectivity index (χ2n) is 4.45. The molecule has 0 aromatic carbocycles. The lowest BCUT2D eigenvalue weighted by Crippen LogP contribution is -2.29. The third-order valence-electron chi connectivity index (χ3n) is 3.30. The highest BCUT2D eigenvalue weighted by Gasteiger charge is 2.22. The Hall–Kier alpha value is -0.830. The van der Waals surface area contributed by atoms with Gasteiger partial charge in [-0.1, -0.05) is 33.6 Å². The molecule has 0 fully saturated rings. The molecule has 1 heterocycles. The van der Waals surface area contributed by atoms with E-state index in [1.807, 2.05) is 11.7 Å². The first-order valence-corrected chi connectivity index (χ1v) is 6.37.